The van der Waals surface area contributed by atoms with Crippen LogP contribution in [0.15, 0.2) is 42.5 Å². The molecule has 44 heavy (non-hydrogen) atoms. The summed E-state index contributed by atoms with van der Waals surface area (Å²) in [5, 5.41) is 2.62. The minimum Gasteiger partial charge on any atom is -0.449 e. The van der Waals surface area contributed by atoms with E-state index in [1.807, 2.05) is 0 Å². The highest BCUT2D eigenvalue weighted by Crippen LogP contribution is 2.47. The van der Waals surface area contributed by atoms with Crippen molar-refractivity contribution in [3.05, 3.63) is 53.7 Å². The van der Waals surface area contributed by atoms with Gasteiger partial charge in [-0.2, -0.15) is 8.78 Å². The first kappa shape index (κ1) is 31.0. The monoisotopic (exact) mass is 623 g/mol. The van der Waals surface area contributed by atoms with Crippen LogP contribution < -0.4 is 15.8 Å². The summed E-state index contributed by atoms with van der Waals surface area (Å²) in [6, 6.07) is 8.78. The van der Waals surface area contributed by atoms with E-state index in [-0.39, 0.29) is 43.0 Å². The molecule has 0 unspecified atom stereocenters. The lowest BCUT2D eigenvalue weighted by atomic mass is 9.67. The molecule has 3 aromatic rings. The Morgan fingerprint density at radius 1 is 1.09 bits per heavy atom. The molecule has 10 nitrogen and oxygen atoms in total. The summed E-state index contributed by atoms with van der Waals surface area (Å²) >= 11 is 0. The lowest BCUT2D eigenvalue weighted by Gasteiger charge is -2.42. The largest absolute Gasteiger partial charge is 0.449 e. The summed E-state index contributed by atoms with van der Waals surface area (Å²) in [5.74, 6) is -4.43. The maximum atomic E-state index is 14.8. The summed E-state index contributed by atoms with van der Waals surface area (Å²) in [5.41, 5.74) is 5.56. The van der Waals surface area contributed by atoms with E-state index in [2.05, 4.69) is 20.0 Å². The smallest absolute Gasteiger partial charge is 0.404 e. The third-order valence-electron chi connectivity index (χ3n) is 8.09. The minimum absolute atomic E-state index is 0.0500. The van der Waals surface area contributed by atoms with Gasteiger partial charge < -0.3 is 30.4 Å². The fraction of sp³-hybridized carbons (Fsp3) is 0.448. The number of carbonyl (C=O) groups excluding carboxylic acids is 3. The first-order valence-electron chi connectivity index (χ1n) is 14.0. The number of aromatic amines is 1. The quantitative estimate of drug-likeness (QED) is 0.292. The fourth-order valence-electron chi connectivity index (χ4n) is 5.90. The molecule has 2 atom stereocenters. The number of alkyl halides is 5. The van der Waals surface area contributed by atoms with E-state index in [4.69, 9.17) is 10.5 Å². The van der Waals surface area contributed by atoms with Gasteiger partial charge in [-0.3, -0.25) is 9.59 Å². The van der Waals surface area contributed by atoms with E-state index in [0.29, 0.717) is 23.1 Å². The number of hydrogen-bond acceptors (Lipinski definition) is 6. The second-order valence-corrected chi connectivity index (χ2v) is 11.0. The topological polar surface area (TPSA) is 140 Å². The highest BCUT2D eigenvalue weighted by molar-refractivity contribution is 5.99. The first-order chi connectivity index (χ1) is 20.8. The molecular weight excluding hydrogens is 593 g/mol. The highest BCUT2D eigenvalue weighted by Gasteiger charge is 2.53. The molecular formula is C29H30F5N5O5. The second-order valence-electron chi connectivity index (χ2n) is 11.0. The van der Waals surface area contributed by atoms with E-state index in [1.165, 1.54) is 30.3 Å². The Morgan fingerprint density at radius 3 is 2.45 bits per heavy atom. The van der Waals surface area contributed by atoms with Gasteiger partial charge in [0, 0.05) is 31.4 Å². The zero-order valence-corrected chi connectivity index (χ0v) is 23.3. The van der Waals surface area contributed by atoms with Gasteiger partial charge >= 0.3 is 12.7 Å². The normalized spacial score (nSPS) is 20.9. The molecule has 4 N–H and O–H groups in total. The number of hydrogen-bond donors (Lipinski definition) is 3. The average molecular weight is 624 g/mol. The molecule has 3 amide bonds. The second kappa shape index (κ2) is 12.3. The number of aromatic nitrogens is 2. The number of amides is 3. The molecule has 1 saturated heterocycles. The van der Waals surface area contributed by atoms with Gasteiger partial charge in [0.05, 0.1) is 29.6 Å². The van der Waals surface area contributed by atoms with Gasteiger partial charge in [-0.05, 0) is 48.7 Å². The Labute approximate surface area is 248 Å². The maximum Gasteiger partial charge on any atom is 0.404 e. The Morgan fingerprint density at radius 2 is 1.80 bits per heavy atom. The van der Waals surface area contributed by atoms with Crippen molar-refractivity contribution in [3.63, 3.8) is 0 Å². The number of H-pyrrole nitrogens is 1. The predicted octanol–water partition coefficient (Wildman–Crippen LogP) is 4.83. The van der Waals surface area contributed by atoms with Crippen molar-refractivity contribution in [1.82, 2.24) is 14.9 Å². The molecule has 5 rings (SSSR count). The number of ether oxygens (including phenoxy) is 2. The van der Waals surface area contributed by atoms with Gasteiger partial charge in [0.1, 0.15) is 23.8 Å². The average Bonchev–Trinajstić information content (AvgIpc) is 3.55. The first-order valence-corrected chi connectivity index (χ1v) is 14.0. The van der Waals surface area contributed by atoms with Crippen LogP contribution in [-0.2, 0) is 26.2 Å². The Balaban J connectivity index is 1.36. The number of nitrogens with two attached hydrogens (primary N) is 1. The van der Waals surface area contributed by atoms with Gasteiger partial charge in [-0.1, -0.05) is 12.1 Å². The summed E-state index contributed by atoms with van der Waals surface area (Å²) in [6.45, 7) is -3.44. The van der Waals surface area contributed by atoms with E-state index in [0.717, 1.165) is 4.90 Å². The number of pyridine rings is 1. The predicted molar refractivity (Wildman–Crippen MR) is 147 cm³/mol. The number of benzene rings is 1. The van der Waals surface area contributed by atoms with Gasteiger partial charge in [0.2, 0.25) is 17.7 Å². The van der Waals surface area contributed by atoms with Crippen LogP contribution in [0.5, 0.6) is 5.75 Å². The zero-order valence-electron chi connectivity index (χ0n) is 23.3. The molecule has 2 aromatic heterocycles. The van der Waals surface area contributed by atoms with Crippen molar-refractivity contribution in [2.75, 3.05) is 18.5 Å². The molecule has 3 heterocycles. The Hall–Kier alpha value is -4.43. The van der Waals surface area contributed by atoms with E-state index in [9.17, 15) is 36.3 Å². The van der Waals surface area contributed by atoms with Crippen LogP contribution in [0, 0.1) is 0 Å². The fourth-order valence-corrected chi connectivity index (χ4v) is 5.90. The van der Waals surface area contributed by atoms with Crippen LogP contribution in [0.3, 0.4) is 0 Å². The molecule has 1 aliphatic heterocycles. The molecule has 1 aromatic carbocycles. The summed E-state index contributed by atoms with van der Waals surface area (Å²) in [4.78, 5) is 46.9. The molecule has 1 saturated carbocycles. The van der Waals surface area contributed by atoms with Crippen LogP contribution in [0.25, 0.3) is 11.0 Å². The number of nitrogens with zero attached hydrogens (tertiary/aromatic N) is 2. The third-order valence-corrected chi connectivity index (χ3v) is 8.09. The van der Waals surface area contributed by atoms with Crippen LogP contribution in [-0.4, -0.2) is 70.7 Å². The van der Waals surface area contributed by atoms with Crippen LogP contribution >= 0.6 is 0 Å². The Kier molecular flexibility index (Phi) is 8.66. The van der Waals surface area contributed by atoms with Crippen molar-refractivity contribution in [2.24, 2.45) is 5.73 Å². The summed E-state index contributed by atoms with van der Waals surface area (Å²) in [6.07, 6.45) is -4.20. The number of likely N-dealkylation sites (tertiary alicyclic amines) is 1. The molecule has 0 spiro atoms. The van der Waals surface area contributed by atoms with E-state index >= 15 is 0 Å². The lowest BCUT2D eigenvalue weighted by molar-refractivity contribution is -0.146. The molecule has 0 bridgehead atoms. The highest BCUT2D eigenvalue weighted by atomic mass is 19.3. The number of carbonyl (C=O) groups is 3. The van der Waals surface area contributed by atoms with Crippen molar-refractivity contribution < 1.29 is 45.8 Å². The van der Waals surface area contributed by atoms with Crippen molar-refractivity contribution in [3.8, 4) is 5.75 Å². The van der Waals surface area contributed by atoms with Crippen molar-refractivity contribution >= 4 is 34.8 Å². The standard InChI is InChI=1S/C29H30F5N5O5/c30-17-13-22(24(40)38-23-6-5-20-21(37-23)14-18(36-20)7-12-43-27(35)42)39(15-17)25(41)28(8-10-29(33,34)11-9-28)16-1-3-19(4-2-16)44-26(31)32/h1-6,14,17,22,26,36H,7-13,15H2,(H2,35,42)(H,37,38,40)/t17-,22-/m1/s1. The lowest BCUT2D eigenvalue weighted by Crippen LogP contribution is -2.54. The molecule has 1 aliphatic carbocycles. The number of rotatable bonds is 9. The summed E-state index contributed by atoms with van der Waals surface area (Å²) in [7, 11) is 0. The van der Waals surface area contributed by atoms with E-state index < -0.39 is 67.5 Å². The number of nitrogens with one attached hydrogen (secondary N) is 2. The van der Waals surface area contributed by atoms with Gasteiger partial charge in [0.15, 0.2) is 0 Å². The third kappa shape index (κ3) is 6.70. The molecule has 15 heteroatoms. The van der Waals surface area contributed by atoms with Crippen molar-refractivity contribution in [2.45, 2.75) is 68.7 Å². The van der Waals surface area contributed by atoms with Crippen LogP contribution in [0.4, 0.5) is 32.6 Å². The Bertz CT molecular complexity index is 1520. The zero-order chi connectivity index (χ0) is 31.6. The van der Waals surface area contributed by atoms with Crippen LogP contribution in [0.1, 0.15) is 43.4 Å². The molecule has 2 aliphatic rings. The van der Waals surface area contributed by atoms with Gasteiger partial charge in [-0.15, -0.1) is 0 Å². The summed E-state index contributed by atoms with van der Waals surface area (Å²) < 4.78 is 77.7. The number of primary amides is 1. The van der Waals surface area contributed by atoms with E-state index in [1.54, 1.807) is 12.1 Å². The number of halogens is 5. The maximum absolute atomic E-state index is 14.8. The molecule has 236 valence electrons. The SMILES string of the molecule is NC(=O)OCCc1cc2nc(NC(=O)[C@H]3C[C@@H](F)CN3C(=O)C3(c4ccc(OC(F)F)cc4)CCC(F)(F)CC3)ccc2[nH]1. The molecule has 0 radical (unpaired) electrons. The van der Waals surface area contributed by atoms with Gasteiger partial charge in [0.25, 0.3) is 0 Å². The van der Waals surface area contributed by atoms with Crippen LogP contribution in [0.2, 0.25) is 0 Å². The van der Waals surface area contributed by atoms with Crippen molar-refractivity contribution in [1.29, 1.82) is 0 Å². The number of anilines is 1. The number of fused-ring (bicyclic) bond motifs is 1. The molecule has 2 fully saturated rings. The van der Waals surface area contributed by atoms with Gasteiger partial charge in [-0.25, -0.2) is 22.9 Å². The minimum atomic E-state index is -3.08.